The van der Waals surface area contributed by atoms with E-state index in [0.717, 1.165) is 17.5 Å². The lowest BCUT2D eigenvalue weighted by molar-refractivity contribution is 0.0733. The predicted molar refractivity (Wildman–Crippen MR) is 110 cm³/mol. The van der Waals surface area contributed by atoms with E-state index in [-0.39, 0.29) is 5.91 Å². The van der Waals surface area contributed by atoms with Crippen molar-refractivity contribution in [1.82, 2.24) is 10.1 Å². The number of hydrogen-bond acceptors (Lipinski definition) is 5. The Balaban J connectivity index is 1.68. The van der Waals surface area contributed by atoms with Crippen molar-refractivity contribution in [3.63, 3.8) is 0 Å². The molecule has 0 atom stereocenters. The highest BCUT2D eigenvalue weighted by molar-refractivity contribution is 6.33. The van der Waals surface area contributed by atoms with Crippen LogP contribution in [0, 0.1) is 6.92 Å². The summed E-state index contributed by atoms with van der Waals surface area (Å²) in [5.74, 6) is 1.70. The van der Waals surface area contributed by atoms with Crippen molar-refractivity contribution in [2.45, 2.75) is 19.9 Å². The predicted octanol–water partition coefficient (Wildman–Crippen LogP) is 4.52. The zero-order valence-corrected chi connectivity index (χ0v) is 17.2. The lowest BCUT2D eigenvalue weighted by atomic mass is 9.97. The number of carbonyl (C=O) groups excluding carboxylic acids is 1. The molecule has 0 bridgehead atoms. The monoisotopic (exact) mass is 412 g/mol. The highest BCUT2D eigenvalue weighted by atomic mass is 35.5. The van der Waals surface area contributed by atoms with Crippen LogP contribution >= 0.6 is 11.6 Å². The molecule has 0 fully saturated rings. The second-order valence-corrected chi connectivity index (χ2v) is 7.30. The van der Waals surface area contributed by atoms with Gasteiger partial charge < -0.3 is 18.9 Å². The second kappa shape index (κ2) is 7.79. The fourth-order valence-electron chi connectivity index (χ4n) is 3.68. The molecule has 0 aliphatic carbocycles. The van der Waals surface area contributed by atoms with Crippen LogP contribution in [0.1, 0.15) is 27.2 Å². The highest BCUT2D eigenvalue weighted by Gasteiger charge is 2.29. The van der Waals surface area contributed by atoms with E-state index in [1.54, 1.807) is 32.1 Å². The Morgan fingerprint density at radius 2 is 1.83 bits per heavy atom. The summed E-state index contributed by atoms with van der Waals surface area (Å²) in [5.41, 5.74) is 3.78. The third kappa shape index (κ3) is 3.44. The molecular weight excluding hydrogens is 392 g/mol. The number of hydrogen-bond donors (Lipinski definition) is 0. The average Bonchev–Trinajstić information content (AvgIpc) is 3.13. The number of fused-ring (bicyclic) bond motifs is 1. The molecular formula is C22H21ClN2O4. The fourth-order valence-corrected chi connectivity index (χ4v) is 3.90. The Kier molecular flexibility index (Phi) is 5.20. The molecule has 4 rings (SSSR count). The van der Waals surface area contributed by atoms with Crippen molar-refractivity contribution in [1.29, 1.82) is 0 Å². The van der Waals surface area contributed by atoms with Gasteiger partial charge in [0.15, 0.2) is 11.5 Å². The zero-order chi connectivity index (χ0) is 20.5. The maximum atomic E-state index is 13.4. The van der Waals surface area contributed by atoms with Crippen molar-refractivity contribution in [3.05, 3.63) is 63.9 Å². The smallest absolute Gasteiger partial charge is 0.260 e. The van der Waals surface area contributed by atoms with Crippen molar-refractivity contribution >= 4 is 17.5 Å². The topological polar surface area (TPSA) is 64.8 Å². The lowest BCUT2D eigenvalue weighted by Crippen LogP contribution is -2.36. The van der Waals surface area contributed by atoms with Crippen molar-refractivity contribution in [2.75, 3.05) is 20.8 Å². The summed E-state index contributed by atoms with van der Waals surface area (Å²) >= 11 is 6.33. The minimum absolute atomic E-state index is 0.126. The van der Waals surface area contributed by atoms with E-state index in [1.807, 2.05) is 30.3 Å². The average molecular weight is 413 g/mol. The first-order chi connectivity index (χ1) is 14.0. The van der Waals surface area contributed by atoms with Gasteiger partial charge in [-0.15, -0.1) is 0 Å². The van der Waals surface area contributed by atoms with Crippen molar-refractivity contribution in [3.8, 4) is 22.8 Å². The summed E-state index contributed by atoms with van der Waals surface area (Å²) < 4.78 is 16.2. The number of rotatable bonds is 4. The van der Waals surface area contributed by atoms with Gasteiger partial charge in [0, 0.05) is 18.7 Å². The Morgan fingerprint density at radius 1 is 1.14 bits per heavy atom. The number of benzene rings is 2. The molecule has 1 aromatic heterocycles. The molecule has 2 heterocycles. The quantitative estimate of drug-likeness (QED) is 0.630. The molecule has 0 spiro atoms. The molecule has 150 valence electrons. The van der Waals surface area contributed by atoms with E-state index in [0.29, 0.717) is 52.2 Å². The third-order valence-corrected chi connectivity index (χ3v) is 5.54. The van der Waals surface area contributed by atoms with Crippen LogP contribution in [0.4, 0.5) is 0 Å². The highest BCUT2D eigenvalue weighted by Crippen LogP contribution is 2.35. The Hall–Kier alpha value is -2.99. The van der Waals surface area contributed by atoms with Gasteiger partial charge in [0.1, 0.15) is 17.0 Å². The maximum absolute atomic E-state index is 13.4. The van der Waals surface area contributed by atoms with Crippen LogP contribution in [0.2, 0.25) is 5.02 Å². The second-order valence-electron chi connectivity index (χ2n) is 6.89. The summed E-state index contributed by atoms with van der Waals surface area (Å²) in [4.78, 5) is 15.2. The minimum Gasteiger partial charge on any atom is -0.493 e. The molecule has 0 unspecified atom stereocenters. The standard InChI is InChI=1S/C22H21ClN2O4/c1-13-20(21(24-29-13)16-6-4-5-7-17(16)23)22(26)25-9-8-14-10-18(27-2)19(28-3)11-15(14)12-25/h4-7,10-11H,8-9,12H2,1-3H3. The van der Waals surface area contributed by atoms with E-state index in [2.05, 4.69) is 5.16 Å². The van der Waals surface area contributed by atoms with Crippen LogP contribution in [0.25, 0.3) is 11.3 Å². The van der Waals surface area contributed by atoms with E-state index in [4.69, 9.17) is 25.6 Å². The van der Waals surface area contributed by atoms with Gasteiger partial charge in [-0.3, -0.25) is 4.79 Å². The SMILES string of the molecule is COc1cc2c(cc1OC)CN(C(=O)c1c(-c3ccccc3Cl)noc1C)CC2. The van der Waals surface area contributed by atoms with Crippen molar-refractivity contribution < 1.29 is 18.8 Å². The van der Waals surface area contributed by atoms with Crippen LogP contribution in [-0.2, 0) is 13.0 Å². The normalized spacial score (nSPS) is 13.2. The number of nitrogens with zero attached hydrogens (tertiary/aromatic N) is 2. The molecule has 0 radical (unpaired) electrons. The Labute approximate surface area is 174 Å². The number of ether oxygens (including phenoxy) is 2. The summed E-state index contributed by atoms with van der Waals surface area (Å²) in [5, 5.41) is 4.64. The van der Waals surface area contributed by atoms with Gasteiger partial charge in [-0.1, -0.05) is 35.0 Å². The molecule has 6 nitrogen and oxygen atoms in total. The molecule has 2 aromatic carbocycles. The molecule has 3 aromatic rings. The number of amides is 1. The van der Waals surface area contributed by atoms with Gasteiger partial charge in [-0.05, 0) is 42.7 Å². The molecule has 0 saturated heterocycles. The Bertz CT molecular complexity index is 1080. The first kappa shape index (κ1) is 19.3. The van der Waals surface area contributed by atoms with Gasteiger partial charge in [0.25, 0.3) is 5.91 Å². The van der Waals surface area contributed by atoms with Gasteiger partial charge in [-0.2, -0.15) is 0 Å². The lowest BCUT2D eigenvalue weighted by Gasteiger charge is -2.29. The first-order valence-electron chi connectivity index (χ1n) is 9.27. The van der Waals surface area contributed by atoms with Crippen molar-refractivity contribution in [2.24, 2.45) is 0 Å². The molecule has 1 aliphatic heterocycles. The van der Waals surface area contributed by atoms with Gasteiger partial charge in [0.05, 0.1) is 19.2 Å². The maximum Gasteiger partial charge on any atom is 0.260 e. The third-order valence-electron chi connectivity index (χ3n) is 5.21. The number of aryl methyl sites for hydroxylation is 1. The van der Waals surface area contributed by atoms with E-state index in [1.165, 1.54) is 0 Å². The minimum atomic E-state index is -0.126. The molecule has 0 saturated carbocycles. The molecule has 7 heteroatoms. The van der Waals surface area contributed by atoms with Crippen LogP contribution in [0.5, 0.6) is 11.5 Å². The van der Waals surface area contributed by atoms with E-state index in [9.17, 15) is 4.79 Å². The van der Waals surface area contributed by atoms with Gasteiger partial charge >= 0.3 is 0 Å². The van der Waals surface area contributed by atoms with E-state index < -0.39 is 0 Å². The van der Waals surface area contributed by atoms with Crippen LogP contribution < -0.4 is 9.47 Å². The number of methoxy groups -OCH3 is 2. The summed E-state index contributed by atoms with van der Waals surface area (Å²) in [6, 6.07) is 11.2. The zero-order valence-electron chi connectivity index (χ0n) is 16.5. The van der Waals surface area contributed by atoms with Gasteiger partial charge in [0.2, 0.25) is 0 Å². The van der Waals surface area contributed by atoms with Gasteiger partial charge in [-0.25, -0.2) is 0 Å². The summed E-state index contributed by atoms with van der Waals surface area (Å²) in [7, 11) is 3.22. The summed E-state index contributed by atoms with van der Waals surface area (Å²) in [6.07, 6.45) is 0.729. The first-order valence-corrected chi connectivity index (χ1v) is 9.65. The van der Waals surface area contributed by atoms with Crippen LogP contribution in [-0.4, -0.2) is 36.7 Å². The molecule has 1 aliphatic rings. The molecule has 1 amide bonds. The number of aromatic nitrogens is 1. The molecule has 0 N–H and O–H groups in total. The number of halogens is 1. The van der Waals surface area contributed by atoms with Crippen LogP contribution in [0.15, 0.2) is 40.9 Å². The largest absolute Gasteiger partial charge is 0.493 e. The fraction of sp³-hybridized carbons (Fsp3) is 0.273. The van der Waals surface area contributed by atoms with E-state index >= 15 is 0 Å². The summed E-state index contributed by atoms with van der Waals surface area (Å²) in [6.45, 7) is 2.81. The Morgan fingerprint density at radius 3 is 2.52 bits per heavy atom. The van der Waals surface area contributed by atoms with Crippen LogP contribution in [0.3, 0.4) is 0 Å². The molecule has 29 heavy (non-hydrogen) atoms. The number of carbonyl (C=O) groups is 1.